The van der Waals surface area contributed by atoms with E-state index in [1.54, 1.807) is 0 Å². The predicted octanol–water partition coefficient (Wildman–Crippen LogP) is 16.5. The van der Waals surface area contributed by atoms with E-state index in [-0.39, 0.29) is 11.5 Å². The van der Waals surface area contributed by atoms with E-state index in [2.05, 4.69) is 240 Å². The summed E-state index contributed by atoms with van der Waals surface area (Å²) in [6.07, 6.45) is 18.4. The molecule has 4 heteroatoms. The second-order valence-electron chi connectivity index (χ2n) is 19.5. The number of hydrogen-bond acceptors (Lipinski definition) is 2. The van der Waals surface area contributed by atoms with Gasteiger partial charge in [-0.1, -0.05) is 166 Å². The topological polar surface area (TPSA) is 34.8 Å². The molecule has 2 unspecified atom stereocenters. The smallest absolute Gasteiger partial charge is 0.0709 e. The van der Waals surface area contributed by atoms with Crippen LogP contribution in [0.1, 0.15) is 90.9 Å². The number of pyridine rings is 1. The number of allylic oxidation sites excluding steroid dienone is 3. The minimum absolute atomic E-state index is 0.0403. The number of nitrogens with one attached hydrogen (secondary N) is 1. The zero-order valence-electron chi connectivity index (χ0n) is 39.0. The lowest BCUT2D eigenvalue weighted by atomic mass is 9.65. The molecule has 69 heavy (non-hydrogen) atoms. The number of para-hydroxylation sites is 1. The molecule has 0 bridgehead atoms. The van der Waals surface area contributed by atoms with Crippen LogP contribution in [-0.2, 0) is 5.41 Å². The largest absolute Gasteiger partial charge is 0.374 e. The molecule has 2 aliphatic carbocycles. The highest BCUT2D eigenvalue weighted by molar-refractivity contribution is 6.09. The van der Waals surface area contributed by atoms with Crippen LogP contribution in [0.2, 0.25) is 0 Å². The third-order valence-corrected chi connectivity index (χ3v) is 15.5. The number of aromatic nitrogens is 3. The molecule has 3 aliphatic rings. The van der Waals surface area contributed by atoms with Crippen LogP contribution < -0.4 is 5.32 Å². The molecule has 3 aromatic heterocycles. The summed E-state index contributed by atoms with van der Waals surface area (Å²) in [6, 6.07) is 69.6. The lowest BCUT2D eigenvalue weighted by molar-refractivity contribution is 0.346. The van der Waals surface area contributed by atoms with Crippen LogP contribution >= 0.6 is 0 Å². The van der Waals surface area contributed by atoms with Crippen molar-refractivity contribution in [3.05, 3.63) is 246 Å². The fraction of sp³-hybridized carbons (Fsp3) is 0.154. The van der Waals surface area contributed by atoms with Gasteiger partial charge in [-0.3, -0.25) is 0 Å². The standard InChI is InChI=1S/C65H54N4/c1-44-16-13-27-63-64(44)55-43-48(59-25-15-23-57(67-59)46-19-7-3-8-20-46)29-39-62(55)69(63)52-36-32-50(33-37-52)65(40-11-4-12-41-65)49-30-34-51(35-31-49)68-60-26-10-9-21-53(60)54-42-47(28-38-61(54)68)58-24-14-22-56(66-58)45-17-5-2-6-18-45/h2-3,5-10,13-15,17-39,42-44,58,66H,4,11-12,16,40-41H2,1H3. The first-order valence-corrected chi connectivity index (χ1v) is 24.9. The molecule has 7 aromatic carbocycles. The highest BCUT2D eigenvalue weighted by Gasteiger charge is 2.36. The van der Waals surface area contributed by atoms with E-state index in [1.807, 2.05) is 0 Å². The maximum Gasteiger partial charge on any atom is 0.0709 e. The molecule has 4 nitrogen and oxygen atoms in total. The molecular formula is C65H54N4. The molecule has 0 amide bonds. The van der Waals surface area contributed by atoms with Crippen LogP contribution in [0.15, 0.2) is 212 Å². The first kappa shape index (κ1) is 41.3. The van der Waals surface area contributed by atoms with Gasteiger partial charge in [0.25, 0.3) is 0 Å². The number of hydrogen-bond donors (Lipinski definition) is 1. The van der Waals surface area contributed by atoms with Gasteiger partial charge in [-0.2, -0.15) is 0 Å². The molecule has 1 fully saturated rings. The van der Waals surface area contributed by atoms with E-state index in [0.29, 0.717) is 5.92 Å². The quantitative estimate of drug-likeness (QED) is 0.165. The molecule has 0 spiro atoms. The Kier molecular flexibility index (Phi) is 10.2. The summed E-state index contributed by atoms with van der Waals surface area (Å²) in [5, 5.41) is 7.66. The van der Waals surface area contributed by atoms with Crippen molar-refractivity contribution in [2.75, 3.05) is 0 Å². The second-order valence-corrected chi connectivity index (χ2v) is 19.5. The average Bonchev–Trinajstić information content (AvgIpc) is 3.94. The Labute approximate surface area is 404 Å². The Morgan fingerprint density at radius 3 is 1.93 bits per heavy atom. The van der Waals surface area contributed by atoms with E-state index >= 15 is 0 Å². The predicted molar refractivity (Wildman–Crippen MR) is 288 cm³/mol. The summed E-state index contributed by atoms with van der Waals surface area (Å²) < 4.78 is 4.95. The summed E-state index contributed by atoms with van der Waals surface area (Å²) in [4.78, 5) is 5.14. The average molecular weight is 891 g/mol. The van der Waals surface area contributed by atoms with Gasteiger partial charge in [-0.05, 0) is 132 Å². The van der Waals surface area contributed by atoms with Gasteiger partial charge in [-0.15, -0.1) is 0 Å². The molecular weight excluding hydrogens is 837 g/mol. The van der Waals surface area contributed by atoms with Crippen molar-refractivity contribution >= 4 is 44.5 Å². The zero-order valence-corrected chi connectivity index (χ0v) is 39.0. The molecule has 13 rings (SSSR count). The highest BCUT2D eigenvalue weighted by Crippen LogP contribution is 2.47. The summed E-state index contributed by atoms with van der Waals surface area (Å²) in [5.41, 5.74) is 19.5. The minimum atomic E-state index is -0.0403. The molecule has 1 N–H and O–H groups in total. The van der Waals surface area contributed by atoms with E-state index in [1.165, 1.54) is 96.9 Å². The van der Waals surface area contributed by atoms with Crippen LogP contribution in [0.3, 0.4) is 0 Å². The van der Waals surface area contributed by atoms with Crippen LogP contribution in [-0.4, -0.2) is 14.1 Å². The molecule has 1 aliphatic heterocycles. The van der Waals surface area contributed by atoms with Gasteiger partial charge >= 0.3 is 0 Å². The lowest BCUT2D eigenvalue weighted by Crippen LogP contribution is -2.30. The Balaban J connectivity index is 0.833. The van der Waals surface area contributed by atoms with Crippen molar-refractivity contribution < 1.29 is 0 Å². The summed E-state index contributed by atoms with van der Waals surface area (Å²) in [7, 11) is 0. The van der Waals surface area contributed by atoms with Gasteiger partial charge in [0.1, 0.15) is 0 Å². The van der Waals surface area contributed by atoms with Crippen LogP contribution in [0.25, 0.3) is 78.4 Å². The minimum Gasteiger partial charge on any atom is -0.374 e. The summed E-state index contributed by atoms with van der Waals surface area (Å²) >= 11 is 0. The lowest BCUT2D eigenvalue weighted by Gasteiger charge is -2.39. The maximum absolute atomic E-state index is 5.14. The second kappa shape index (κ2) is 17.0. The third-order valence-electron chi connectivity index (χ3n) is 15.5. The zero-order chi connectivity index (χ0) is 45.9. The van der Waals surface area contributed by atoms with E-state index < -0.39 is 0 Å². The first-order chi connectivity index (χ1) is 34.1. The van der Waals surface area contributed by atoms with Gasteiger partial charge in [0.15, 0.2) is 0 Å². The molecule has 0 saturated heterocycles. The number of dihydropyridines is 1. The molecule has 1 saturated carbocycles. The van der Waals surface area contributed by atoms with Crippen molar-refractivity contribution in [3.8, 4) is 33.9 Å². The number of benzene rings is 7. The molecule has 10 aromatic rings. The monoisotopic (exact) mass is 890 g/mol. The normalized spacial score (nSPS) is 17.5. The number of nitrogens with zero attached hydrogens (tertiary/aromatic N) is 3. The Bertz CT molecular complexity index is 3640. The van der Waals surface area contributed by atoms with Gasteiger partial charge in [0, 0.05) is 55.5 Å². The number of fused-ring (bicyclic) bond motifs is 6. The van der Waals surface area contributed by atoms with Gasteiger partial charge in [0.2, 0.25) is 0 Å². The summed E-state index contributed by atoms with van der Waals surface area (Å²) in [6.45, 7) is 2.37. The van der Waals surface area contributed by atoms with Crippen LogP contribution in [0, 0.1) is 0 Å². The molecule has 0 radical (unpaired) electrons. The van der Waals surface area contributed by atoms with Crippen molar-refractivity contribution in [1.29, 1.82) is 0 Å². The van der Waals surface area contributed by atoms with Crippen molar-refractivity contribution in [2.45, 2.75) is 62.8 Å². The molecule has 2 atom stereocenters. The van der Waals surface area contributed by atoms with Gasteiger partial charge < -0.3 is 14.5 Å². The Morgan fingerprint density at radius 2 is 1.17 bits per heavy atom. The fourth-order valence-corrected chi connectivity index (χ4v) is 12.1. The maximum atomic E-state index is 5.14. The highest BCUT2D eigenvalue weighted by atomic mass is 15.0. The third kappa shape index (κ3) is 7.08. The van der Waals surface area contributed by atoms with E-state index in [9.17, 15) is 0 Å². The summed E-state index contributed by atoms with van der Waals surface area (Å²) in [5.74, 6) is 0.419. The fourth-order valence-electron chi connectivity index (χ4n) is 12.1. The van der Waals surface area contributed by atoms with E-state index in [0.717, 1.165) is 47.5 Å². The SMILES string of the molecule is CC1CC=Cc2c1c1cc(-c3cccc(-c4ccccc4)n3)ccc1n2-c1ccc(C2(c3ccc(-n4c5ccccc5c5cc(C6C=CC=C(c7ccccc7)N6)ccc54)cc3)CCCCC2)cc1. The van der Waals surface area contributed by atoms with Crippen LogP contribution in [0.5, 0.6) is 0 Å². The van der Waals surface area contributed by atoms with Crippen molar-refractivity contribution in [3.63, 3.8) is 0 Å². The first-order valence-electron chi connectivity index (χ1n) is 24.9. The van der Waals surface area contributed by atoms with Gasteiger partial charge in [-0.25, -0.2) is 4.98 Å². The van der Waals surface area contributed by atoms with Crippen molar-refractivity contribution in [2.24, 2.45) is 0 Å². The van der Waals surface area contributed by atoms with Crippen LogP contribution in [0.4, 0.5) is 0 Å². The van der Waals surface area contributed by atoms with Gasteiger partial charge in [0.05, 0.1) is 34.0 Å². The number of rotatable bonds is 8. The Morgan fingerprint density at radius 1 is 0.536 bits per heavy atom. The molecule has 334 valence electrons. The van der Waals surface area contributed by atoms with E-state index in [4.69, 9.17) is 4.98 Å². The van der Waals surface area contributed by atoms with Crippen molar-refractivity contribution in [1.82, 2.24) is 19.4 Å². The Hall–Kier alpha value is -7.95. The molecule has 4 heterocycles.